The average molecular weight is 973 g/mol. The van der Waals surface area contributed by atoms with Gasteiger partial charge in [-0.15, -0.1) is 0 Å². The molecule has 2 unspecified atom stereocenters. The van der Waals surface area contributed by atoms with Crippen molar-refractivity contribution in [3.8, 4) is 0 Å². The van der Waals surface area contributed by atoms with Crippen molar-refractivity contribution in [3.63, 3.8) is 0 Å². The Balaban J connectivity index is 3.37. The first-order valence-electron chi connectivity index (χ1n) is 31.1. The van der Waals surface area contributed by atoms with E-state index in [4.69, 9.17) is 4.74 Å². The minimum atomic E-state index is -0.665. The Morgan fingerprint density at radius 3 is 1.13 bits per heavy atom. The minimum Gasteiger partial charge on any atom is -0.466 e. The number of amides is 1. The Bertz CT molecular complexity index is 1080. The summed E-state index contributed by atoms with van der Waals surface area (Å²) in [4.78, 5) is 24.6. The minimum absolute atomic E-state index is 0.00729. The van der Waals surface area contributed by atoms with E-state index in [2.05, 4.69) is 43.5 Å². The van der Waals surface area contributed by atoms with Crippen LogP contribution in [0.3, 0.4) is 0 Å². The van der Waals surface area contributed by atoms with Crippen LogP contribution < -0.4 is 5.32 Å². The zero-order valence-electron chi connectivity index (χ0n) is 46.6. The quantitative estimate of drug-likeness (QED) is 0.0321. The highest BCUT2D eigenvalue weighted by molar-refractivity contribution is 5.76. The van der Waals surface area contributed by atoms with E-state index in [-0.39, 0.29) is 18.5 Å². The number of unbranched alkanes of at least 4 members (excludes halogenated alkanes) is 43. The molecule has 0 fully saturated rings. The average Bonchev–Trinajstić information content (AvgIpc) is 3.35. The Morgan fingerprint density at radius 2 is 0.725 bits per heavy atom. The van der Waals surface area contributed by atoms with Crippen molar-refractivity contribution in [1.82, 2.24) is 5.32 Å². The molecular formula is C63H121NO5. The lowest BCUT2D eigenvalue weighted by Gasteiger charge is -2.22. The van der Waals surface area contributed by atoms with Gasteiger partial charge in [0.25, 0.3) is 0 Å². The summed E-state index contributed by atoms with van der Waals surface area (Å²) in [5, 5.41) is 23.3. The fourth-order valence-corrected chi connectivity index (χ4v) is 9.73. The van der Waals surface area contributed by atoms with Gasteiger partial charge in [0.2, 0.25) is 5.91 Å². The Labute approximate surface area is 431 Å². The number of aliphatic hydroxyl groups excluding tert-OH is 2. The molecule has 0 aliphatic carbocycles. The number of aliphatic hydroxyl groups is 2. The first kappa shape index (κ1) is 67.3. The summed E-state index contributed by atoms with van der Waals surface area (Å²) in [6.07, 6.45) is 71.8. The second-order valence-corrected chi connectivity index (χ2v) is 21.4. The molecule has 0 aromatic rings. The molecule has 0 aliphatic heterocycles. The lowest BCUT2D eigenvalue weighted by Crippen LogP contribution is -2.45. The number of hydrogen-bond donors (Lipinski definition) is 3. The maximum atomic E-state index is 12.5. The number of rotatable bonds is 58. The van der Waals surface area contributed by atoms with Gasteiger partial charge in [-0.1, -0.05) is 295 Å². The number of nitrogens with one attached hydrogen (secondary N) is 1. The highest BCUT2D eigenvalue weighted by Gasteiger charge is 2.20. The van der Waals surface area contributed by atoms with Crippen molar-refractivity contribution in [2.24, 2.45) is 0 Å². The van der Waals surface area contributed by atoms with Crippen molar-refractivity contribution < 1.29 is 24.5 Å². The highest BCUT2D eigenvalue weighted by Crippen LogP contribution is 2.18. The molecule has 0 aliphatic rings. The normalized spacial score (nSPS) is 12.7. The summed E-state index contributed by atoms with van der Waals surface area (Å²) < 4.78 is 5.50. The lowest BCUT2D eigenvalue weighted by molar-refractivity contribution is -0.143. The van der Waals surface area contributed by atoms with Crippen LogP contribution in [-0.2, 0) is 14.3 Å². The topological polar surface area (TPSA) is 95.9 Å². The van der Waals surface area contributed by atoms with E-state index >= 15 is 0 Å². The molecule has 0 bridgehead atoms. The Hall–Kier alpha value is -1.66. The van der Waals surface area contributed by atoms with Crippen LogP contribution in [0, 0.1) is 0 Å². The van der Waals surface area contributed by atoms with Crippen molar-refractivity contribution in [2.45, 2.75) is 353 Å². The molecular weight excluding hydrogens is 851 g/mol. The highest BCUT2D eigenvalue weighted by atomic mass is 16.5. The van der Waals surface area contributed by atoms with Crippen LogP contribution in [0.2, 0.25) is 0 Å². The van der Waals surface area contributed by atoms with Gasteiger partial charge in [-0.05, 0) is 57.8 Å². The summed E-state index contributed by atoms with van der Waals surface area (Å²) in [6.45, 7) is 4.94. The van der Waals surface area contributed by atoms with Gasteiger partial charge in [0, 0.05) is 12.8 Å². The molecule has 69 heavy (non-hydrogen) atoms. The van der Waals surface area contributed by atoms with Gasteiger partial charge in [-0.25, -0.2) is 0 Å². The fraction of sp³-hybridized carbons (Fsp3) is 0.905. The van der Waals surface area contributed by atoms with Gasteiger partial charge >= 0.3 is 5.97 Å². The summed E-state index contributed by atoms with van der Waals surface area (Å²) in [6, 6.07) is -0.542. The number of ether oxygens (including phenoxy) is 1. The fourth-order valence-electron chi connectivity index (χ4n) is 9.73. The number of esters is 1. The summed E-state index contributed by atoms with van der Waals surface area (Å²) in [7, 11) is 0. The van der Waals surface area contributed by atoms with E-state index in [1.165, 1.54) is 257 Å². The molecule has 408 valence electrons. The van der Waals surface area contributed by atoms with E-state index in [9.17, 15) is 19.8 Å². The third-order valence-electron chi connectivity index (χ3n) is 14.5. The SMILES string of the molecule is CCCCC/C=C\C/C=C\CCCCCCCCCCCC(=O)OCCCCCCCCCCCCCCCCCCCCCCC(=O)NC(CO)C(O)CCCCCCCCCCCCCCC. The third kappa shape index (κ3) is 55.5. The predicted octanol–water partition coefficient (Wildman–Crippen LogP) is 19.4. The van der Waals surface area contributed by atoms with Gasteiger partial charge in [0.15, 0.2) is 0 Å². The largest absolute Gasteiger partial charge is 0.466 e. The third-order valence-corrected chi connectivity index (χ3v) is 14.5. The molecule has 0 aromatic heterocycles. The molecule has 0 radical (unpaired) electrons. The van der Waals surface area contributed by atoms with Crippen LogP contribution in [0.1, 0.15) is 341 Å². The standard InChI is InChI=1S/C63H121NO5/c1-3-5-7-9-11-13-15-17-18-19-22-26-29-33-37-41-45-49-53-57-63(68)69-58-54-50-46-42-38-34-30-27-24-21-20-23-25-28-32-36-40-44-48-52-56-62(67)64-60(59-65)61(66)55-51-47-43-39-35-31-16-14-12-10-8-6-4-2/h11,13,17-18,60-61,65-66H,3-10,12,14-16,19-59H2,1-2H3,(H,64,67)/b13-11-,18-17-. The van der Waals surface area contributed by atoms with Crippen LogP contribution in [0.5, 0.6) is 0 Å². The maximum Gasteiger partial charge on any atom is 0.305 e. The summed E-state index contributed by atoms with van der Waals surface area (Å²) >= 11 is 0. The molecule has 1 amide bonds. The van der Waals surface area contributed by atoms with Crippen LogP contribution in [0.25, 0.3) is 0 Å². The second kappa shape index (κ2) is 58.9. The number of carbonyl (C=O) groups is 2. The molecule has 6 nitrogen and oxygen atoms in total. The zero-order chi connectivity index (χ0) is 50.0. The molecule has 6 heteroatoms. The molecule has 0 rings (SSSR count). The molecule has 2 atom stereocenters. The zero-order valence-corrected chi connectivity index (χ0v) is 46.6. The Morgan fingerprint density at radius 1 is 0.406 bits per heavy atom. The van der Waals surface area contributed by atoms with E-state index in [0.717, 1.165) is 51.4 Å². The Kier molecular flexibility index (Phi) is 57.5. The van der Waals surface area contributed by atoms with E-state index < -0.39 is 12.1 Å². The molecule has 0 saturated carbocycles. The first-order chi connectivity index (χ1) is 34.0. The predicted molar refractivity (Wildman–Crippen MR) is 301 cm³/mol. The maximum absolute atomic E-state index is 12.5. The second-order valence-electron chi connectivity index (χ2n) is 21.4. The number of carbonyl (C=O) groups excluding carboxylic acids is 2. The van der Waals surface area contributed by atoms with Crippen molar-refractivity contribution in [1.29, 1.82) is 0 Å². The molecule has 0 aromatic carbocycles. The molecule has 0 spiro atoms. The molecule has 0 heterocycles. The van der Waals surface area contributed by atoms with Gasteiger partial charge in [-0.2, -0.15) is 0 Å². The van der Waals surface area contributed by atoms with Gasteiger partial charge in [-0.3, -0.25) is 9.59 Å². The monoisotopic (exact) mass is 972 g/mol. The van der Waals surface area contributed by atoms with Crippen LogP contribution in [0.15, 0.2) is 24.3 Å². The van der Waals surface area contributed by atoms with Crippen molar-refractivity contribution >= 4 is 11.9 Å². The summed E-state index contributed by atoms with van der Waals surface area (Å²) in [5.41, 5.74) is 0. The molecule has 3 N–H and O–H groups in total. The number of allylic oxidation sites excluding steroid dienone is 4. The van der Waals surface area contributed by atoms with E-state index in [0.29, 0.717) is 25.9 Å². The van der Waals surface area contributed by atoms with Gasteiger partial charge in [0.1, 0.15) is 0 Å². The first-order valence-corrected chi connectivity index (χ1v) is 31.1. The summed E-state index contributed by atoms with van der Waals surface area (Å²) in [5.74, 6) is -0.0284. The van der Waals surface area contributed by atoms with Gasteiger partial charge in [0.05, 0.1) is 25.4 Å². The number of hydrogen-bond acceptors (Lipinski definition) is 5. The molecule has 0 saturated heterocycles. The van der Waals surface area contributed by atoms with Crippen LogP contribution in [0.4, 0.5) is 0 Å². The van der Waals surface area contributed by atoms with Gasteiger partial charge < -0.3 is 20.3 Å². The van der Waals surface area contributed by atoms with E-state index in [1.54, 1.807) is 0 Å². The smallest absolute Gasteiger partial charge is 0.305 e. The van der Waals surface area contributed by atoms with Crippen molar-refractivity contribution in [2.75, 3.05) is 13.2 Å². The van der Waals surface area contributed by atoms with E-state index in [1.807, 2.05) is 0 Å². The van der Waals surface area contributed by atoms with Crippen LogP contribution >= 0.6 is 0 Å². The van der Waals surface area contributed by atoms with Crippen molar-refractivity contribution in [3.05, 3.63) is 24.3 Å². The van der Waals surface area contributed by atoms with Crippen LogP contribution in [-0.4, -0.2) is 47.4 Å². The lowest BCUT2D eigenvalue weighted by atomic mass is 10.0.